The molecule has 102 valence electrons. The maximum atomic E-state index is 11.9. The van der Waals surface area contributed by atoms with Crippen molar-refractivity contribution in [3.8, 4) is 12.3 Å². The van der Waals surface area contributed by atoms with E-state index >= 15 is 0 Å². The molecule has 0 aliphatic rings. The van der Waals surface area contributed by atoms with E-state index in [0.717, 1.165) is 6.07 Å². The molecule has 7 heteroatoms. The van der Waals surface area contributed by atoms with Gasteiger partial charge in [-0.1, -0.05) is 6.07 Å². The van der Waals surface area contributed by atoms with Crippen molar-refractivity contribution in [2.45, 2.75) is 24.7 Å². The fourth-order valence-corrected chi connectivity index (χ4v) is 2.53. The van der Waals surface area contributed by atoms with Crippen LogP contribution in [0.3, 0.4) is 0 Å². The summed E-state index contributed by atoms with van der Waals surface area (Å²) in [5.74, 6) is 2.40. The molecule has 0 atom stereocenters. The lowest BCUT2D eigenvalue weighted by atomic mass is 10.2. The first-order valence-electron chi connectivity index (χ1n) is 5.56. The normalized spacial score (nSPS) is 10.9. The van der Waals surface area contributed by atoms with E-state index in [4.69, 9.17) is 6.42 Å². The summed E-state index contributed by atoms with van der Waals surface area (Å²) in [4.78, 5) is 10.0. The van der Waals surface area contributed by atoms with E-state index in [1.165, 1.54) is 12.1 Å². The van der Waals surface area contributed by atoms with Crippen molar-refractivity contribution in [2.75, 3.05) is 6.54 Å². The molecule has 0 fully saturated rings. The summed E-state index contributed by atoms with van der Waals surface area (Å²) >= 11 is 0. The lowest BCUT2D eigenvalue weighted by Gasteiger charge is -2.06. The largest absolute Gasteiger partial charge is 0.273 e. The minimum atomic E-state index is -3.74. The van der Waals surface area contributed by atoms with Gasteiger partial charge >= 0.3 is 0 Å². The summed E-state index contributed by atoms with van der Waals surface area (Å²) in [5.41, 5.74) is 0.197. The molecule has 0 aliphatic carbocycles. The summed E-state index contributed by atoms with van der Waals surface area (Å²) < 4.78 is 26.1. The van der Waals surface area contributed by atoms with Gasteiger partial charge in [-0.25, -0.2) is 13.1 Å². The van der Waals surface area contributed by atoms with Crippen LogP contribution in [0, 0.1) is 29.4 Å². The zero-order valence-electron chi connectivity index (χ0n) is 10.4. The molecule has 1 N–H and O–H groups in total. The van der Waals surface area contributed by atoms with Crippen molar-refractivity contribution >= 4 is 15.7 Å². The van der Waals surface area contributed by atoms with Gasteiger partial charge in [-0.05, 0) is 19.4 Å². The zero-order valence-corrected chi connectivity index (χ0v) is 11.2. The van der Waals surface area contributed by atoms with E-state index in [0.29, 0.717) is 18.4 Å². The molecule has 0 saturated carbocycles. The average Bonchev–Trinajstić information content (AvgIpc) is 2.34. The van der Waals surface area contributed by atoms with E-state index < -0.39 is 14.9 Å². The molecule has 0 aromatic heterocycles. The first-order valence-corrected chi connectivity index (χ1v) is 7.05. The maximum Gasteiger partial charge on any atom is 0.273 e. The van der Waals surface area contributed by atoms with Crippen LogP contribution in [0.5, 0.6) is 0 Å². The Morgan fingerprint density at radius 3 is 2.74 bits per heavy atom. The number of nitrogens with zero attached hydrogens (tertiary/aromatic N) is 1. The maximum absolute atomic E-state index is 11.9. The molecule has 1 aromatic carbocycles. The highest BCUT2D eigenvalue weighted by Gasteiger charge is 2.19. The Balaban J connectivity index is 2.93. The van der Waals surface area contributed by atoms with Crippen LogP contribution >= 0.6 is 0 Å². The predicted octanol–water partition coefficient (Wildman–Crippen LogP) is 1.59. The third kappa shape index (κ3) is 4.05. The summed E-state index contributed by atoms with van der Waals surface area (Å²) in [7, 11) is -3.74. The van der Waals surface area contributed by atoms with E-state index in [1.807, 2.05) is 0 Å². The smallest absolute Gasteiger partial charge is 0.258 e. The van der Waals surface area contributed by atoms with Gasteiger partial charge < -0.3 is 0 Å². The number of nitro benzene ring substituents is 1. The molecule has 0 amide bonds. The molecular weight excluding hydrogens is 268 g/mol. The Hall–Kier alpha value is -1.91. The molecule has 19 heavy (non-hydrogen) atoms. The molecule has 0 saturated heterocycles. The van der Waals surface area contributed by atoms with Crippen LogP contribution < -0.4 is 4.72 Å². The molecule has 0 bridgehead atoms. The van der Waals surface area contributed by atoms with Gasteiger partial charge in [0.15, 0.2) is 0 Å². The zero-order chi connectivity index (χ0) is 14.5. The number of aryl methyl sites for hydroxylation is 1. The summed E-state index contributed by atoms with van der Waals surface area (Å²) in [6.07, 6.45) is 6.04. The monoisotopic (exact) mass is 282 g/mol. The standard InChI is InChI=1S/C12H14N2O4S/c1-3-4-5-8-13-19(17,18)11-7-6-10(2)12(9-11)14(15)16/h1,6-7,9,13H,4-5,8H2,2H3. The quantitative estimate of drug-likeness (QED) is 0.371. The van der Waals surface area contributed by atoms with Crippen LogP contribution in [-0.4, -0.2) is 19.9 Å². The minimum Gasteiger partial charge on any atom is -0.258 e. The molecule has 0 heterocycles. The van der Waals surface area contributed by atoms with Crippen molar-refractivity contribution in [3.05, 3.63) is 33.9 Å². The van der Waals surface area contributed by atoms with Crippen LogP contribution in [0.1, 0.15) is 18.4 Å². The highest BCUT2D eigenvalue weighted by molar-refractivity contribution is 7.89. The molecule has 0 radical (unpaired) electrons. The third-order valence-corrected chi connectivity index (χ3v) is 3.94. The highest BCUT2D eigenvalue weighted by atomic mass is 32.2. The number of sulfonamides is 1. The number of rotatable bonds is 6. The minimum absolute atomic E-state index is 0.120. The molecule has 0 spiro atoms. The molecule has 1 aromatic rings. The van der Waals surface area contributed by atoms with Gasteiger partial charge in [-0.2, -0.15) is 0 Å². The van der Waals surface area contributed by atoms with Crippen LogP contribution in [0.4, 0.5) is 5.69 Å². The van der Waals surface area contributed by atoms with E-state index in [9.17, 15) is 18.5 Å². The molecule has 1 rings (SSSR count). The van der Waals surface area contributed by atoms with Crippen molar-refractivity contribution in [1.29, 1.82) is 0 Å². The van der Waals surface area contributed by atoms with E-state index in [-0.39, 0.29) is 17.1 Å². The first kappa shape index (κ1) is 15.1. The Morgan fingerprint density at radius 2 is 2.16 bits per heavy atom. The number of terminal acetylenes is 1. The number of benzene rings is 1. The summed E-state index contributed by atoms with van der Waals surface area (Å²) in [5, 5.41) is 10.8. The Bertz CT molecular complexity index is 617. The number of unbranched alkanes of at least 4 members (excludes halogenated alkanes) is 1. The fourth-order valence-electron chi connectivity index (χ4n) is 1.43. The first-order chi connectivity index (χ1) is 8.88. The lowest BCUT2D eigenvalue weighted by Crippen LogP contribution is -2.24. The number of hydrogen-bond donors (Lipinski definition) is 1. The van der Waals surface area contributed by atoms with E-state index in [2.05, 4.69) is 10.6 Å². The van der Waals surface area contributed by atoms with Crippen molar-refractivity contribution < 1.29 is 13.3 Å². The predicted molar refractivity (Wildman–Crippen MR) is 71.1 cm³/mol. The van der Waals surface area contributed by atoms with Gasteiger partial charge in [0.05, 0.1) is 9.82 Å². The van der Waals surface area contributed by atoms with Gasteiger partial charge in [0.2, 0.25) is 10.0 Å². The second kappa shape index (κ2) is 6.31. The molecule has 0 unspecified atom stereocenters. The van der Waals surface area contributed by atoms with Crippen molar-refractivity contribution in [3.63, 3.8) is 0 Å². The van der Waals surface area contributed by atoms with Crippen LogP contribution in [0.15, 0.2) is 23.1 Å². The average molecular weight is 282 g/mol. The SMILES string of the molecule is C#CCCCNS(=O)(=O)c1ccc(C)c([N+](=O)[O-])c1. The molecule has 6 nitrogen and oxygen atoms in total. The Kier molecular flexibility index (Phi) is 5.03. The second-order valence-corrected chi connectivity index (χ2v) is 5.68. The lowest BCUT2D eigenvalue weighted by molar-refractivity contribution is -0.385. The van der Waals surface area contributed by atoms with E-state index in [1.54, 1.807) is 6.92 Å². The summed E-state index contributed by atoms with van der Waals surface area (Å²) in [6.45, 7) is 1.75. The van der Waals surface area contributed by atoms with Crippen LogP contribution in [-0.2, 0) is 10.0 Å². The highest BCUT2D eigenvalue weighted by Crippen LogP contribution is 2.21. The topological polar surface area (TPSA) is 89.3 Å². The Morgan fingerprint density at radius 1 is 1.47 bits per heavy atom. The third-order valence-electron chi connectivity index (χ3n) is 2.48. The molecule has 0 aliphatic heterocycles. The van der Waals surface area contributed by atoms with Gasteiger partial charge in [0.1, 0.15) is 0 Å². The number of nitro groups is 1. The number of hydrogen-bond acceptors (Lipinski definition) is 4. The second-order valence-electron chi connectivity index (χ2n) is 3.91. The summed E-state index contributed by atoms with van der Waals surface area (Å²) in [6, 6.07) is 3.80. The van der Waals surface area contributed by atoms with Gasteiger partial charge in [0, 0.05) is 24.6 Å². The van der Waals surface area contributed by atoms with Gasteiger partial charge in [0.25, 0.3) is 5.69 Å². The van der Waals surface area contributed by atoms with Gasteiger partial charge in [-0.15, -0.1) is 12.3 Å². The number of nitrogens with one attached hydrogen (secondary N) is 1. The van der Waals surface area contributed by atoms with Crippen molar-refractivity contribution in [1.82, 2.24) is 4.72 Å². The molecular formula is C12H14N2O4S. The van der Waals surface area contributed by atoms with Gasteiger partial charge in [-0.3, -0.25) is 10.1 Å². The Labute approximate surface area is 112 Å². The van der Waals surface area contributed by atoms with Crippen LogP contribution in [0.2, 0.25) is 0 Å². The van der Waals surface area contributed by atoms with Crippen molar-refractivity contribution in [2.24, 2.45) is 0 Å². The van der Waals surface area contributed by atoms with Crippen LogP contribution in [0.25, 0.3) is 0 Å². The fraction of sp³-hybridized carbons (Fsp3) is 0.333.